The standard InChI is InChI=1S/C15H17FN4O2S/c1-9(2)6-12(21)17-8-13-19-20-15(23-13)14(22)18-11-5-3-4-10(16)7-11/h3-5,7,9H,6,8H2,1-2H3,(H,17,21)(H,18,22). The van der Waals surface area contributed by atoms with E-state index in [4.69, 9.17) is 0 Å². The van der Waals surface area contributed by atoms with Gasteiger partial charge in [-0.1, -0.05) is 31.3 Å². The molecule has 0 radical (unpaired) electrons. The first kappa shape index (κ1) is 17.0. The molecule has 1 heterocycles. The van der Waals surface area contributed by atoms with Crippen molar-refractivity contribution in [1.29, 1.82) is 0 Å². The lowest BCUT2D eigenvalue weighted by Crippen LogP contribution is -2.23. The van der Waals surface area contributed by atoms with Gasteiger partial charge >= 0.3 is 0 Å². The van der Waals surface area contributed by atoms with Crippen LogP contribution in [-0.4, -0.2) is 22.0 Å². The fraction of sp³-hybridized carbons (Fsp3) is 0.333. The number of carbonyl (C=O) groups is 2. The van der Waals surface area contributed by atoms with Crippen LogP contribution in [0.3, 0.4) is 0 Å². The molecule has 1 aromatic carbocycles. The number of nitrogens with zero attached hydrogens (tertiary/aromatic N) is 2. The molecular weight excluding hydrogens is 319 g/mol. The molecule has 2 N–H and O–H groups in total. The average molecular weight is 336 g/mol. The molecular formula is C15H17FN4O2S. The molecule has 0 aliphatic rings. The molecule has 0 aliphatic heterocycles. The molecule has 6 nitrogen and oxygen atoms in total. The van der Waals surface area contributed by atoms with E-state index in [-0.39, 0.29) is 23.4 Å². The number of hydrogen-bond acceptors (Lipinski definition) is 5. The van der Waals surface area contributed by atoms with Crippen LogP contribution in [0, 0.1) is 11.7 Å². The SMILES string of the molecule is CC(C)CC(=O)NCc1nnc(C(=O)Nc2cccc(F)c2)s1. The van der Waals surface area contributed by atoms with Crippen molar-refractivity contribution >= 4 is 28.8 Å². The molecule has 0 spiro atoms. The van der Waals surface area contributed by atoms with Gasteiger partial charge in [0, 0.05) is 12.1 Å². The van der Waals surface area contributed by atoms with Gasteiger partial charge in [-0.2, -0.15) is 0 Å². The molecule has 2 aromatic rings. The van der Waals surface area contributed by atoms with E-state index in [0.717, 1.165) is 11.3 Å². The minimum atomic E-state index is -0.465. The number of amides is 2. The van der Waals surface area contributed by atoms with Gasteiger partial charge in [-0.25, -0.2) is 4.39 Å². The van der Waals surface area contributed by atoms with Crippen LogP contribution in [0.4, 0.5) is 10.1 Å². The van der Waals surface area contributed by atoms with Crippen molar-refractivity contribution in [3.8, 4) is 0 Å². The predicted octanol–water partition coefficient (Wildman–Crippen LogP) is 2.59. The van der Waals surface area contributed by atoms with E-state index < -0.39 is 11.7 Å². The number of nitrogens with one attached hydrogen (secondary N) is 2. The maximum absolute atomic E-state index is 13.1. The van der Waals surface area contributed by atoms with Crippen LogP contribution >= 0.6 is 11.3 Å². The smallest absolute Gasteiger partial charge is 0.286 e. The zero-order valence-corrected chi connectivity index (χ0v) is 13.6. The van der Waals surface area contributed by atoms with Crippen LogP contribution in [0.2, 0.25) is 0 Å². The normalized spacial score (nSPS) is 10.6. The largest absolute Gasteiger partial charge is 0.350 e. The highest BCUT2D eigenvalue weighted by molar-refractivity contribution is 7.13. The second-order valence-corrected chi connectivity index (χ2v) is 6.40. The second kappa shape index (κ2) is 7.77. The van der Waals surface area contributed by atoms with Crippen molar-refractivity contribution in [3.05, 3.63) is 40.1 Å². The zero-order chi connectivity index (χ0) is 16.8. The summed E-state index contributed by atoms with van der Waals surface area (Å²) in [6, 6.07) is 5.58. The fourth-order valence-corrected chi connectivity index (χ4v) is 2.46. The first-order valence-corrected chi connectivity index (χ1v) is 7.91. The molecule has 0 atom stereocenters. The Morgan fingerprint density at radius 1 is 1.30 bits per heavy atom. The van der Waals surface area contributed by atoms with Crippen molar-refractivity contribution in [1.82, 2.24) is 15.5 Å². The Kier molecular flexibility index (Phi) is 5.75. The lowest BCUT2D eigenvalue weighted by atomic mass is 10.1. The first-order valence-electron chi connectivity index (χ1n) is 7.10. The monoisotopic (exact) mass is 336 g/mol. The average Bonchev–Trinajstić information content (AvgIpc) is 2.93. The molecule has 23 heavy (non-hydrogen) atoms. The Morgan fingerprint density at radius 2 is 2.09 bits per heavy atom. The van der Waals surface area contributed by atoms with Gasteiger partial charge in [0.1, 0.15) is 10.8 Å². The lowest BCUT2D eigenvalue weighted by Gasteiger charge is -2.04. The highest BCUT2D eigenvalue weighted by Crippen LogP contribution is 2.14. The van der Waals surface area contributed by atoms with Crippen LogP contribution in [-0.2, 0) is 11.3 Å². The van der Waals surface area contributed by atoms with Crippen LogP contribution in [0.25, 0.3) is 0 Å². The Morgan fingerprint density at radius 3 is 2.78 bits per heavy atom. The van der Waals surface area contributed by atoms with E-state index in [1.54, 1.807) is 6.07 Å². The summed E-state index contributed by atoms with van der Waals surface area (Å²) in [7, 11) is 0. The second-order valence-electron chi connectivity index (χ2n) is 5.34. The van der Waals surface area contributed by atoms with Crippen LogP contribution < -0.4 is 10.6 Å². The molecule has 0 unspecified atom stereocenters. The summed E-state index contributed by atoms with van der Waals surface area (Å²) in [5, 5.41) is 13.6. The Labute approximate surface area is 137 Å². The number of carbonyl (C=O) groups excluding carboxylic acids is 2. The molecule has 0 bridgehead atoms. The minimum Gasteiger partial charge on any atom is -0.350 e. The third-order valence-electron chi connectivity index (χ3n) is 2.77. The van der Waals surface area contributed by atoms with E-state index in [1.165, 1.54) is 18.2 Å². The first-order chi connectivity index (χ1) is 10.9. The van der Waals surface area contributed by atoms with Gasteiger partial charge in [0.25, 0.3) is 5.91 Å². The summed E-state index contributed by atoms with van der Waals surface area (Å²) in [5.74, 6) is -0.695. The van der Waals surface area contributed by atoms with Crippen molar-refractivity contribution in [2.75, 3.05) is 5.32 Å². The van der Waals surface area contributed by atoms with E-state index in [9.17, 15) is 14.0 Å². The van der Waals surface area contributed by atoms with Crippen LogP contribution in [0.15, 0.2) is 24.3 Å². The van der Waals surface area contributed by atoms with E-state index in [0.29, 0.717) is 17.1 Å². The topological polar surface area (TPSA) is 84.0 Å². The third-order valence-corrected chi connectivity index (χ3v) is 3.70. The van der Waals surface area contributed by atoms with Gasteiger partial charge in [0.15, 0.2) is 0 Å². The summed E-state index contributed by atoms with van der Waals surface area (Å²) in [6.07, 6.45) is 0.436. The molecule has 122 valence electrons. The maximum atomic E-state index is 13.1. The summed E-state index contributed by atoms with van der Waals surface area (Å²) < 4.78 is 13.1. The minimum absolute atomic E-state index is 0.0686. The highest BCUT2D eigenvalue weighted by Gasteiger charge is 2.14. The van der Waals surface area contributed by atoms with E-state index in [1.807, 2.05) is 13.8 Å². The zero-order valence-electron chi connectivity index (χ0n) is 12.8. The van der Waals surface area contributed by atoms with E-state index in [2.05, 4.69) is 20.8 Å². The van der Waals surface area contributed by atoms with Gasteiger partial charge in [0.2, 0.25) is 10.9 Å². The molecule has 8 heteroatoms. The Hall–Kier alpha value is -2.35. The van der Waals surface area contributed by atoms with Gasteiger partial charge < -0.3 is 10.6 Å². The van der Waals surface area contributed by atoms with Gasteiger partial charge in [-0.15, -0.1) is 10.2 Å². The lowest BCUT2D eigenvalue weighted by molar-refractivity contribution is -0.121. The van der Waals surface area contributed by atoms with Crippen molar-refractivity contribution in [3.63, 3.8) is 0 Å². The Bertz CT molecular complexity index is 702. The molecule has 1 aromatic heterocycles. The molecule has 0 fully saturated rings. The quantitative estimate of drug-likeness (QED) is 0.849. The van der Waals surface area contributed by atoms with Gasteiger partial charge in [0.05, 0.1) is 6.54 Å². The number of benzene rings is 1. The van der Waals surface area contributed by atoms with Gasteiger partial charge in [-0.3, -0.25) is 9.59 Å². The summed E-state index contributed by atoms with van der Waals surface area (Å²) >= 11 is 1.08. The van der Waals surface area contributed by atoms with E-state index >= 15 is 0 Å². The third kappa shape index (κ3) is 5.41. The number of hydrogen-bond donors (Lipinski definition) is 2. The summed E-state index contributed by atoms with van der Waals surface area (Å²) in [5.41, 5.74) is 0.344. The number of halogens is 1. The highest BCUT2D eigenvalue weighted by atomic mass is 32.1. The Balaban J connectivity index is 1.91. The summed E-state index contributed by atoms with van der Waals surface area (Å²) in [6.45, 7) is 4.15. The van der Waals surface area contributed by atoms with Crippen LogP contribution in [0.5, 0.6) is 0 Å². The van der Waals surface area contributed by atoms with Crippen molar-refractivity contribution in [2.24, 2.45) is 5.92 Å². The molecule has 2 amide bonds. The van der Waals surface area contributed by atoms with Crippen molar-refractivity contribution < 1.29 is 14.0 Å². The summed E-state index contributed by atoms with van der Waals surface area (Å²) in [4.78, 5) is 23.6. The molecule has 2 rings (SSSR count). The number of aromatic nitrogens is 2. The van der Waals surface area contributed by atoms with Gasteiger partial charge in [-0.05, 0) is 24.1 Å². The fourth-order valence-electron chi connectivity index (χ4n) is 1.78. The number of rotatable bonds is 6. The molecule has 0 saturated carbocycles. The number of anilines is 1. The molecule has 0 aliphatic carbocycles. The van der Waals surface area contributed by atoms with Crippen molar-refractivity contribution in [2.45, 2.75) is 26.8 Å². The maximum Gasteiger partial charge on any atom is 0.286 e. The predicted molar refractivity (Wildman–Crippen MR) is 85.6 cm³/mol. The van der Waals surface area contributed by atoms with Crippen LogP contribution in [0.1, 0.15) is 35.1 Å². The molecule has 0 saturated heterocycles.